The monoisotopic (exact) mass is 431 g/mol. The van der Waals surface area contributed by atoms with Crippen molar-refractivity contribution in [3.63, 3.8) is 0 Å². The topological polar surface area (TPSA) is 87.3 Å². The molecule has 27 heavy (non-hydrogen) atoms. The van der Waals surface area contributed by atoms with Crippen LogP contribution in [0.4, 0.5) is 5.69 Å². The quantitative estimate of drug-likeness (QED) is 0.598. The summed E-state index contributed by atoms with van der Waals surface area (Å²) in [5.41, 5.74) is 1.57. The Balaban J connectivity index is 1.81. The first-order valence-corrected chi connectivity index (χ1v) is 9.50. The van der Waals surface area contributed by atoms with Crippen molar-refractivity contribution in [2.24, 2.45) is 0 Å². The lowest BCUT2D eigenvalue weighted by Crippen LogP contribution is -2.27. The predicted octanol–water partition coefficient (Wildman–Crippen LogP) is 3.35. The van der Waals surface area contributed by atoms with Crippen LogP contribution < -0.4 is 16.0 Å². The highest BCUT2D eigenvalue weighted by Crippen LogP contribution is 2.12. The minimum atomic E-state index is -0.239. The molecule has 0 unspecified atom stereocenters. The molecule has 0 aliphatic carbocycles. The summed E-state index contributed by atoms with van der Waals surface area (Å²) in [6.45, 7) is 2.80. The lowest BCUT2D eigenvalue weighted by molar-refractivity contribution is -0.116. The van der Waals surface area contributed by atoms with Crippen LogP contribution in [0, 0.1) is 0 Å². The highest BCUT2D eigenvalue weighted by atomic mass is 79.9. The highest BCUT2D eigenvalue weighted by Gasteiger charge is 2.09. The Morgan fingerprint density at radius 1 is 0.889 bits per heavy atom. The lowest BCUT2D eigenvalue weighted by Gasteiger charge is -2.09. The van der Waals surface area contributed by atoms with Crippen LogP contribution in [0.2, 0.25) is 0 Å². The fourth-order valence-corrected chi connectivity index (χ4v) is 2.56. The molecule has 3 amide bonds. The van der Waals surface area contributed by atoms with E-state index in [0.717, 1.165) is 10.9 Å². The second-order valence-corrected chi connectivity index (χ2v) is 6.81. The van der Waals surface area contributed by atoms with Gasteiger partial charge < -0.3 is 16.0 Å². The molecule has 0 atom stereocenters. The second kappa shape index (κ2) is 10.5. The van der Waals surface area contributed by atoms with Crippen LogP contribution in [0.15, 0.2) is 53.0 Å². The molecule has 2 aromatic carbocycles. The minimum absolute atomic E-state index is 0.133. The van der Waals surface area contributed by atoms with Gasteiger partial charge in [0.2, 0.25) is 5.91 Å². The highest BCUT2D eigenvalue weighted by molar-refractivity contribution is 9.10. The predicted molar refractivity (Wildman–Crippen MR) is 109 cm³/mol. The molecule has 2 rings (SSSR count). The maximum absolute atomic E-state index is 12.1. The average Bonchev–Trinajstić information content (AvgIpc) is 2.66. The van der Waals surface area contributed by atoms with Crippen molar-refractivity contribution < 1.29 is 14.4 Å². The van der Waals surface area contributed by atoms with Gasteiger partial charge in [0.25, 0.3) is 11.8 Å². The number of anilines is 1. The van der Waals surface area contributed by atoms with Crippen molar-refractivity contribution in [2.75, 3.05) is 18.4 Å². The van der Waals surface area contributed by atoms with Crippen molar-refractivity contribution in [1.82, 2.24) is 10.6 Å². The zero-order chi connectivity index (χ0) is 19.6. The molecule has 2 aromatic rings. The van der Waals surface area contributed by atoms with Gasteiger partial charge in [0.15, 0.2) is 0 Å². The molecule has 0 aliphatic heterocycles. The van der Waals surface area contributed by atoms with Gasteiger partial charge in [0.05, 0.1) is 0 Å². The van der Waals surface area contributed by atoms with Crippen LogP contribution in [-0.2, 0) is 4.79 Å². The van der Waals surface area contributed by atoms with Gasteiger partial charge >= 0.3 is 0 Å². The Morgan fingerprint density at radius 2 is 1.56 bits per heavy atom. The van der Waals surface area contributed by atoms with Gasteiger partial charge in [-0.05, 0) is 48.9 Å². The summed E-state index contributed by atoms with van der Waals surface area (Å²) in [6.07, 6.45) is 0.989. The Labute approximate surface area is 166 Å². The summed E-state index contributed by atoms with van der Waals surface area (Å²) in [6, 6.07) is 13.7. The molecule has 6 nitrogen and oxygen atoms in total. The standard InChI is InChI=1S/C20H22BrN3O3/c1-2-11-22-20(27)15-4-3-5-17(13-15)24-18(25)10-12-23-19(26)14-6-8-16(21)9-7-14/h3-9,13H,2,10-12H2,1H3,(H,22,27)(H,23,26)(H,24,25). The molecule has 142 valence electrons. The third kappa shape index (κ3) is 6.86. The normalized spacial score (nSPS) is 10.1. The molecule has 0 saturated heterocycles. The number of rotatable bonds is 8. The van der Waals surface area contributed by atoms with E-state index < -0.39 is 0 Å². The first-order valence-electron chi connectivity index (χ1n) is 8.71. The number of hydrogen-bond acceptors (Lipinski definition) is 3. The maximum atomic E-state index is 12.1. The first-order chi connectivity index (χ1) is 13.0. The Morgan fingerprint density at radius 3 is 2.26 bits per heavy atom. The molecule has 7 heteroatoms. The molecule has 0 fully saturated rings. The van der Waals surface area contributed by atoms with Crippen molar-refractivity contribution in [3.8, 4) is 0 Å². The van der Waals surface area contributed by atoms with Gasteiger partial charge in [0, 0.05) is 40.8 Å². The molecule has 0 aromatic heterocycles. The maximum Gasteiger partial charge on any atom is 0.251 e. The summed E-state index contributed by atoms with van der Waals surface area (Å²) in [7, 11) is 0. The van der Waals surface area contributed by atoms with E-state index in [1.807, 2.05) is 6.92 Å². The smallest absolute Gasteiger partial charge is 0.251 e. The number of amides is 3. The van der Waals surface area contributed by atoms with Gasteiger partial charge in [-0.15, -0.1) is 0 Å². The van der Waals surface area contributed by atoms with Crippen LogP contribution in [0.25, 0.3) is 0 Å². The molecule has 0 bridgehead atoms. The Hall–Kier alpha value is -2.67. The number of carbonyl (C=O) groups excluding carboxylic acids is 3. The van der Waals surface area contributed by atoms with Crippen molar-refractivity contribution in [1.29, 1.82) is 0 Å². The number of halogens is 1. The van der Waals surface area contributed by atoms with Gasteiger partial charge in [0.1, 0.15) is 0 Å². The van der Waals surface area contributed by atoms with Crippen LogP contribution >= 0.6 is 15.9 Å². The molecule has 0 aliphatic rings. The summed E-state index contributed by atoms with van der Waals surface area (Å²) >= 11 is 3.31. The van der Waals surface area contributed by atoms with Gasteiger partial charge in [-0.25, -0.2) is 0 Å². The molecule has 0 spiro atoms. The van der Waals surface area contributed by atoms with Crippen LogP contribution in [0.1, 0.15) is 40.5 Å². The van der Waals surface area contributed by atoms with Crippen molar-refractivity contribution in [3.05, 3.63) is 64.1 Å². The van der Waals surface area contributed by atoms with Gasteiger partial charge in [-0.3, -0.25) is 14.4 Å². The third-order valence-electron chi connectivity index (χ3n) is 3.69. The zero-order valence-electron chi connectivity index (χ0n) is 15.0. The molecule has 0 saturated carbocycles. The van der Waals surface area contributed by atoms with Crippen LogP contribution in [0.3, 0.4) is 0 Å². The Kier molecular flexibility index (Phi) is 8.00. The summed E-state index contributed by atoms with van der Waals surface area (Å²) in [5.74, 6) is -0.642. The van der Waals surface area contributed by atoms with Crippen molar-refractivity contribution >= 4 is 39.3 Å². The van der Waals surface area contributed by atoms with E-state index in [0.29, 0.717) is 23.4 Å². The number of hydrogen-bond donors (Lipinski definition) is 3. The Bertz CT molecular complexity index is 806. The summed E-state index contributed by atoms with van der Waals surface area (Å²) in [5, 5.41) is 8.24. The number of carbonyl (C=O) groups is 3. The van der Waals surface area contributed by atoms with E-state index in [1.165, 1.54) is 0 Å². The fraction of sp³-hybridized carbons (Fsp3) is 0.250. The van der Waals surface area contributed by atoms with E-state index in [-0.39, 0.29) is 30.7 Å². The first kappa shape index (κ1) is 20.6. The summed E-state index contributed by atoms with van der Waals surface area (Å²) < 4.78 is 0.893. The van der Waals surface area contributed by atoms with E-state index >= 15 is 0 Å². The van der Waals surface area contributed by atoms with Crippen molar-refractivity contribution in [2.45, 2.75) is 19.8 Å². The van der Waals surface area contributed by atoms with E-state index in [2.05, 4.69) is 31.9 Å². The van der Waals surface area contributed by atoms with E-state index in [1.54, 1.807) is 48.5 Å². The SMILES string of the molecule is CCCNC(=O)c1cccc(NC(=O)CCNC(=O)c2ccc(Br)cc2)c1. The average molecular weight is 432 g/mol. The molecule has 0 heterocycles. The molecular weight excluding hydrogens is 410 g/mol. The number of nitrogens with one attached hydrogen (secondary N) is 3. The van der Waals surface area contributed by atoms with Gasteiger partial charge in [-0.2, -0.15) is 0 Å². The molecule has 0 radical (unpaired) electrons. The molecule has 3 N–H and O–H groups in total. The second-order valence-electron chi connectivity index (χ2n) is 5.90. The molecular formula is C20H22BrN3O3. The minimum Gasteiger partial charge on any atom is -0.352 e. The van der Waals surface area contributed by atoms with E-state index in [4.69, 9.17) is 0 Å². The van der Waals surface area contributed by atoms with Crippen LogP contribution in [-0.4, -0.2) is 30.8 Å². The third-order valence-corrected chi connectivity index (χ3v) is 4.22. The zero-order valence-corrected chi connectivity index (χ0v) is 16.6. The fourth-order valence-electron chi connectivity index (χ4n) is 2.30. The summed E-state index contributed by atoms with van der Waals surface area (Å²) in [4.78, 5) is 36.0. The number of benzene rings is 2. The van der Waals surface area contributed by atoms with Gasteiger partial charge in [-0.1, -0.05) is 28.9 Å². The largest absolute Gasteiger partial charge is 0.352 e. The van der Waals surface area contributed by atoms with E-state index in [9.17, 15) is 14.4 Å². The van der Waals surface area contributed by atoms with Crippen LogP contribution in [0.5, 0.6) is 0 Å². The lowest BCUT2D eigenvalue weighted by atomic mass is 10.2.